The van der Waals surface area contributed by atoms with Gasteiger partial charge >= 0.3 is 0 Å². The third-order valence-electron chi connectivity index (χ3n) is 4.87. The normalized spacial score (nSPS) is 11.7. The van der Waals surface area contributed by atoms with E-state index in [2.05, 4.69) is 10.3 Å². The van der Waals surface area contributed by atoms with Gasteiger partial charge in [0.15, 0.2) is 11.7 Å². The molecule has 3 rings (SSSR count). The summed E-state index contributed by atoms with van der Waals surface area (Å²) in [6, 6.07) is 7.19. The molecule has 0 aliphatic heterocycles. The zero-order chi connectivity index (χ0) is 24.2. The second kappa shape index (κ2) is 10.4. The second-order valence-corrected chi connectivity index (χ2v) is 9.37. The summed E-state index contributed by atoms with van der Waals surface area (Å²) in [5, 5.41) is 2.78. The first kappa shape index (κ1) is 24.8. The van der Waals surface area contributed by atoms with E-state index in [1.54, 1.807) is 13.8 Å². The maximum atomic E-state index is 13.9. The molecule has 0 bridgehead atoms. The van der Waals surface area contributed by atoms with Crippen LogP contribution in [0, 0.1) is 11.6 Å². The molecule has 3 aromatic rings. The molecule has 0 saturated heterocycles. The standard InChI is InChI=1S/C22H22ClF2N3O4S/c1-3-28(4-2)33(30,31)15-6-8-17(23)19(12-15)27-21(29)9-10-22-26-13-20(32-22)16-7-5-14(24)11-18(16)25/h5-8,11-13H,3-4,9-10H2,1-2H3,(H,27,29). The fourth-order valence-corrected chi connectivity index (χ4v) is 4.80. The van der Waals surface area contributed by atoms with Gasteiger partial charge in [-0.3, -0.25) is 4.79 Å². The van der Waals surface area contributed by atoms with Crippen LogP contribution < -0.4 is 5.32 Å². The first-order valence-corrected chi connectivity index (χ1v) is 12.0. The molecular formula is C22H22ClF2N3O4S. The molecular weight excluding hydrogens is 476 g/mol. The highest BCUT2D eigenvalue weighted by molar-refractivity contribution is 7.89. The minimum absolute atomic E-state index is 0.0181. The van der Waals surface area contributed by atoms with Gasteiger partial charge in [0, 0.05) is 32.0 Å². The number of hydrogen-bond donors (Lipinski definition) is 1. The molecule has 0 aliphatic rings. The van der Waals surface area contributed by atoms with Gasteiger partial charge in [-0.25, -0.2) is 22.2 Å². The molecule has 0 spiro atoms. The Balaban J connectivity index is 1.68. The summed E-state index contributed by atoms with van der Waals surface area (Å²) in [6.45, 7) is 4.09. The van der Waals surface area contributed by atoms with Gasteiger partial charge in [-0.2, -0.15) is 4.31 Å². The maximum Gasteiger partial charge on any atom is 0.243 e. The number of benzene rings is 2. The molecule has 1 N–H and O–H groups in total. The van der Waals surface area contributed by atoms with Crippen LogP contribution in [0.3, 0.4) is 0 Å². The van der Waals surface area contributed by atoms with Crippen molar-refractivity contribution in [2.75, 3.05) is 18.4 Å². The number of sulfonamides is 1. The fraction of sp³-hybridized carbons (Fsp3) is 0.273. The van der Waals surface area contributed by atoms with Crippen LogP contribution >= 0.6 is 11.6 Å². The van der Waals surface area contributed by atoms with Crippen LogP contribution in [0.2, 0.25) is 5.02 Å². The van der Waals surface area contributed by atoms with Crippen LogP contribution in [0.5, 0.6) is 0 Å². The lowest BCUT2D eigenvalue weighted by atomic mass is 10.2. The molecule has 2 aromatic carbocycles. The van der Waals surface area contributed by atoms with Gasteiger partial charge in [-0.1, -0.05) is 25.4 Å². The van der Waals surface area contributed by atoms with Crippen molar-refractivity contribution >= 4 is 33.2 Å². The number of nitrogens with zero attached hydrogens (tertiary/aromatic N) is 2. The van der Waals surface area contributed by atoms with Crippen molar-refractivity contribution in [3.05, 3.63) is 65.1 Å². The SMILES string of the molecule is CCN(CC)S(=O)(=O)c1ccc(Cl)c(NC(=O)CCc2ncc(-c3ccc(F)cc3F)o2)c1. The highest BCUT2D eigenvalue weighted by Crippen LogP contribution is 2.28. The van der Waals surface area contributed by atoms with Crippen molar-refractivity contribution in [1.29, 1.82) is 0 Å². The van der Waals surface area contributed by atoms with Gasteiger partial charge in [0.25, 0.3) is 0 Å². The molecule has 0 fully saturated rings. The second-order valence-electron chi connectivity index (χ2n) is 7.02. The summed E-state index contributed by atoms with van der Waals surface area (Å²) in [5.74, 6) is -1.64. The molecule has 33 heavy (non-hydrogen) atoms. The van der Waals surface area contributed by atoms with Gasteiger partial charge in [-0.05, 0) is 30.3 Å². The van der Waals surface area contributed by atoms with Crippen molar-refractivity contribution in [3.63, 3.8) is 0 Å². The number of anilines is 1. The van der Waals surface area contributed by atoms with Gasteiger partial charge in [-0.15, -0.1) is 0 Å². The molecule has 7 nitrogen and oxygen atoms in total. The Hall–Kier alpha value is -2.82. The van der Waals surface area contributed by atoms with E-state index < -0.39 is 27.6 Å². The van der Waals surface area contributed by atoms with Crippen molar-refractivity contribution in [1.82, 2.24) is 9.29 Å². The number of hydrogen-bond acceptors (Lipinski definition) is 5. The lowest BCUT2D eigenvalue weighted by molar-refractivity contribution is -0.116. The number of nitrogens with one attached hydrogen (secondary N) is 1. The Morgan fingerprint density at radius 2 is 1.88 bits per heavy atom. The molecule has 1 aromatic heterocycles. The van der Waals surface area contributed by atoms with E-state index in [9.17, 15) is 22.0 Å². The Bertz CT molecular complexity index is 1260. The molecule has 1 heterocycles. The summed E-state index contributed by atoms with van der Waals surface area (Å²) in [6.07, 6.45) is 1.35. The van der Waals surface area contributed by atoms with Crippen LogP contribution in [0.15, 0.2) is 51.9 Å². The summed E-state index contributed by atoms with van der Waals surface area (Å²) >= 11 is 6.14. The highest BCUT2D eigenvalue weighted by atomic mass is 35.5. The van der Waals surface area contributed by atoms with E-state index in [4.69, 9.17) is 16.0 Å². The van der Waals surface area contributed by atoms with E-state index in [1.165, 1.54) is 34.8 Å². The number of rotatable bonds is 9. The Morgan fingerprint density at radius 3 is 2.55 bits per heavy atom. The highest BCUT2D eigenvalue weighted by Gasteiger charge is 2.23. The molecule has 176 valence electrons. The number of aromatic nitrogens is 1. The molecule has 1 amide bonds. The minimum Gasteiger partial charge on any atom is -0.441 e. The number of amides is 1. The molecule has 0 unspecified atom stereocenters. The Morgan fingerprint density at radius 1 is 1.15 bits per heavy atom. The lowest BCUT2D eigenvalue weighted by Gasteiger charge is -2.19. The van der Waals surface area contributed by atoms with Crippen molar-refractivity contribution in [2.45, 2.75) is 31.6 Å². The van der Waals surface area contributed by atoms with E-state index >= 15 is 0 Å². The zero-order valence-electron chi connectivity index (χ0n) is 17.9. The third kappa shape index (κ3) is 5.76. The van der Waals surface area contributed by atoms with E-state index in [0.717, 1.165) is 12.1 Å². The van der Waals surface area contributed by atoms with E-state index in [0.29, 0.717) is 13.1 Å². The Labute approximate surface area is 195 Å². The molecule has 11 heteroatoms. The van der Waals surface area contributed by atoms with Crippen LogP contribution in [0.25, 0.3) is 11.3 Å². The van der Waals surface area contributed by atoms with Crippen molar-refractivity contribution in [2.24, 2.45) is 0 Å². The van der Waals surface area contributed by atoms with Gasteiger partial charge in [0.05, 0.1) is 27.4 Å². The zero-order valence-corrected chi connectivity index (χ0v) is 19.5. The topological polar surface area (TPSA) is 92.5 Å². The summed E-state index contributed by atoms with van der Waals surface area (Å²) in [5.41, 5.74) is 0.217. The van der Waals surface area contributed by atoms with Gasteiger partial charge in [0.1, 0.15) is 11.6 Å². The molecule has 0 radical (unpaired) electrons. The third-order valence-corrected chi connectivity index (χ3v) is 7.25. The van der Waals surface area contributed by atoms with Crippen molar-refractivity contribution in [3.8, 4) is 11.3 Å². The molecule has 0 aliphatic carbocycles. The van der Waals surface area contributed by atoms with Crippen molar-refractivity contribution < 1.29 is 26.4 Å². The number of aryl methyl sites for hydroxylation is 1. The largest absolute Gasteiger partial charge is 0.441 e. The quantitative estimate of drug-likeness (QED) is 0.455. The van der Waals surface area contributed by atoms with Crippen LogP contribution in [0.1, 0.15) is 26.2 Å². The summed E-state index contributed by atoms with van der Waals surface area (Å²) in [4.78, 5) is 16.5. The average Bonchev–Trinajstić information content (AvgIpc) is 3.23. The molecule has 0 atom stereocenters. The Kier molecular flexibility index (Phi) is 7.83. The van der Waals surface area contributed by atoms with Crippen LogP contribution in [0.4, 0.5) is 14.5 Å². The van der Waals surface area contributed by atoms with Gasteiger partial charge in [0.2, 0.25) is 15.9 Å². The first-order valence-electron chi connectivity index (χ1n) is 10.1. The number of halogens is 3. The average molecular weight is 498 g/mol. The molecule has 0 saturated carbocycles. The predicted molar refractivity (Wildman–Crippen MR) is 120 cm³/mol. The van der Waals surface area contributed by atoms with Gasteiger partial charge < -0.3 is 9.73 Å². The predicted octanol–water partition coefficient (Wildman–Crippen LogP) is 4.88. The minimum atomic E-state index is -3.72. The smallest absolute Gasteiger partial charge is 0.243 e. The fourth-order valence-electron chi connectivity index (χ4n) is 3.15. The van der Waals surface area contributed by atoms with Crippen LogP contribution in [-0.2, 0) is 21.2 Å². The lowest BCUT2D eigenvalue weighted by Crippen LogP contribution is -2.30. The number of oxazole rings is 1. The van der Waals surface area contributed by atoms with Crippen LogP contribution in [-0.4, -0.2) is 36.7 Å². The maximum absolute atomic E-state index is 13.9. The summed E-state index contributed by atoms with van der Waals surface area (Å²) < 4.78 is 59.2. The number of carbonyl (C=O) groups is 1. The number of carbonyl (C=O) groups excluding carboxylic acids is 1. The van der Waals surface area contributed by atoms with E-state index in [1.807, 2.05) is 0 Å². The summed E-state index contributed by atoms with van der Waals surface area (Å²) in [7, 11) is -3.72. The monoisotopic (exact) mass is 497 g/mol. The first-order chi connectivity index (χ1) is 15.6. The van der Waals surface area contributed by atoms with E-state index in [-0.39, 0.29) is 45.7 Å².